The van der Waals surface area contributed by atoms with Crippen molar-refractivity contribution in [2.75, 3.05) is 19.6 Å². The number of aromatic amines is 1. The summed E-state index contributed by atoms with van der Waals surface area (Å²) in [5.74, 6) is -0.0540. The standard InChI is InChI=1S/C22H26N4O2/c27-18(15-26-12-11-16-5-1-2-6-17(16)14-26)13-23-22(28)10-9-21-19-7-3-4-8-20(19)24-25-21/h1-8,18,27H,9-15H2,(H,23,28)(H,24,25)/t18-/m1/s1. The monoisotopic (exact) mass is 378 g/mol. The fraction of sp³-hybridized carbons (Fsp3) is 0.364. The van der Waals surface area contributed by atoms with Gasteiger partial charge in [0.1, 0.15) is 0 Å². The van der Waals surface area contributed by atoms with E-state index in [-0.39, 0.29) is 12.5 Å². The van der Waals surface area contributed by atoms with Crippen LogP contribution in [0.4, 0.5) is 0 Å². The zero-order chi connectivity index (χ0) is 19.3. The second kappa shape index (κ2) is 8.54. The number of nitrogens with zero attached hydrogens (tertiary/aromatic N) is 2. The minimum atomic E-state index is -0.567. The third kappa shape index (κ3) is 4.40. The molecule has 1 aromatic heterocycles. The molecule has 1 amide bonds. The number of aryl methyl sites for hydroxylation is 1. The normalized spacial score (nSPS) is 15.3. The van der Waals surface area contributed by atoms with Crippen LogP contribution in [0.1, 0.15) is 23.2 Å². The van der Waals surface area contributed by atoms with Crippen molar-refractivity contribution in [2.45, 2.75) is 31.9 Å². The molecule has 1 atom stereocenters. The summed E-state index contributed by atoms with van der Waals surface area (Å²) in [5.41, 5.74) is 4.61. The molecule has 0 saturated heterocycles. The average molecular weight is 378 g/mol. The van der Waals surface area contributed by atoms with Crippen LogP contribution in [-0.2, 0) is 24.2 Å². The lowest BCUT2D eigenvalue weighted by atomic mass is 10.00. The molecule has 0 saturated carbocycles. The predicted molar refractivity (Wildman–Crippen MR) is 109 cm³/mol. The lowest BCUT2D eigenvalue weighted by Gasteiger charge is -2.30. The zero-order valence-electron chi connectivity index (χ0n) is 15.9. The highest BCUT2D eigenvalue weighted by Crippen LogP contribution is 2.18. The molecule has 0 unspecified atom stereocenters. The number of nitrogens with one attached hydrogen (secondary N) is 2. The van der Waals surface area contributed by atoms with Crippen LogP contribution in [0.5, 0.6) is 0 Å². The van der Waals surface area contributed by atoms with Crippen LogP contribution in [0.3, 0.4) is 0 Å². The lowest BCUT2D eigenvalue weighted by molar-refractivity contribution is -0.121. The molecule has 0 radical (unpaired) electrons. The Balaban J connectivity index is 1.20. The van der Waals surface area contributed by atoms with Crippen LogP contribution in [-0.4, -0.2) is 51.8 Å². The minimum Gasteiger partial charge on any atom is -0.390 e. The molecule has 0 aliphatic carbocycles. The first-order valence-electron chi connectivity index (χ1n) is 9.85. The SMILES string of the molecule is O=C(CCc1[nH]nc2ccccc12)NC[C@@H](O)CN1CCc2ccccc2C1. The quantitative estimate of drug-likeness (QED) is 0.588. The molecule has 6 heteroatoms. The number of para-hydroxylation sites is 1. The van der Waals surface area contributed by atoms with Gasteiger partial charge >= 0.3 is 0 Å². The Bertz CT molecular complexity index is 952. The fourth-order valence-electron chi connectivity index (χ4n) is 3.84. The van der Waals surface area contributed by atoms with E-state index >= 15 is 0 Å². The molecular formula is C22H26N4O2. The third-order valence-corrected chi connectivity index (χ3v) is 5.36. The number of hydrogen-bond donors (Lipinski definition) is 3. The molecule has 3 N–H and O–H groups in total. The van der Waals surface area contributed by atoms with Gasteiger partial charge in [-0.2, -0.15) is 5.10 Å². The van der Waals surface area contributed by atoms with Gasteiger partial charge < -0.3 is 10.4 Å². The number of rotatable bonds is 7. The Labute approximate surface area is 164 Å². The largest absolute Gasteiger partial charge is 0.390 e. The molecule has 0 spiro atoms. The summed E-state index contributed by atoms with van der Waals surface area (Å²) in [7, 11) is 0. The Morgan fingerprint density at radius 3 is 2.86 bits per heavy atom. The maximum absolute atomic E-state index is 12.2. The summed E-state index contributed by atoms with van der Waals surface area (Å²) in [6.07, 6.45) is 1.41. The first kappa shape index (κ1) is 18.7. The molecule has 3 aromatic rings. The van der Waals surface area contributed by atoms with Gasteiger partial charge in [-0.3, -0.25) is 14.8 Å². The number of aliphatic hydroxyl groups is 1. The molecule has 146 valence electrons. The van der Waals surface area contributed by atoms with E-state index in [0.717, 1.165) is 36.1 Å². The van der Waals surface area contributed by atoms with Crippen molar-refractivity contribution >= 4 is 16.8 Å². The van der Waals surface area contributed by atoms with Crippen molar-refractivity contribution in [1.29, 1.82) is 0 Å². The van der Waals surface area contributed by atoms with Crippen LogP contribution >= 0.6 is 0 Å². The highest BCUT2D eigenvalue weighted by molar-refractivity contribution is 5.82. The van der Waals surface area contributed by atoms with Gasteiger partial charge in [-0.1, -0.05) is 42.5 Å². The van der Waals surface area contributed by atoms with E-state index in [0.29, 0.717) is 19.4 Å². The predicted octanol–water partition coefficient (Wildman–Crippen LogP) is 2.03. The summed E-state index contributed by atoms with van der Waals surface area (Å²) in [6.45, 7) is 2.64. The third-order valence-electron chi connectivity index (χ3n) is 5.36. The van der Waals surface area contributed by atoms with Crippen molar-refractivity contribution in [1.82, 2.24) is 20.4 Å². The average Bonchev–Trinajstić information content (AvgIpc) is 3.14. The van der Waals surface area contributed by atoms with Gasteiger partial charge in [0.15, 0.2) is 0 Å². The van der Waals surface area contributed by atoms with Crippen LogP contribution in [0, 0.1) is 0 Å². The van der Waals surface area contributed by atoms with Crippen molar-refractivity contribution in [3.63, 3.8) is 0 Å². The number of hydrogen-bond acceptors (Lipinski definition) is 4. The molecule has 28 heavy (non-hydrogen) atoms. The summed E-state index contributed by atoms with van der Waals surface area (Å²) in [6, 6.07) is 16.3. The van der Waals surface area contributed by atoms with E-state index in [2.05, 4.69) is 44.7 Å². The lowest BCUT2D eigenvalue weighted by Crippen LogP contribution is -2.42. The molecule has 0 fully saturated rings. The number of carbonyl (C=O) groups is 1. The van der Waals surface area contributed by atoms with E-state index in [1.165, 1.54) is 11.1 Å². The number of aliphatic hydroxyl groups excluding tert-OH is 1. The molecule has 2 heterocycles. The Morgan fingerprint density at radius 1 is 1.18 bits per heavy atom. The molecule has 0 bridgehead atoms. The summed E-state index contributed by atoms with van der Waals surface area (Å²) in [5, 5.41) is 21.5. The number of aromatic nitrogens is 2. The van der Waals surface area contributed by atoms with E-state index < -0.39 is 6.10 Å². The fourth-order valence-corrected chi connectivity index (χ4v) is 3.84. The molecule has 6 nitrogen and oxygen atoms in total. The molecule has 1 aliphatic heterocycles. The second-order valence-corrected chi connectivity index (χ2v) is 7.43. The summed E-state index contributed by atoms with van der Waals surface area (Å²) >= 11 is 0. The highest BCUT2D eigenvalue weighted by Gasteiger charge is 2.18. The highest BCUT2D eigenvalue weighted by atomic mass is 16.3. The van der Waals surface area contributed by atoms with Crippen LogP contribution < -0.4 is 5.32 Å². The maximum atomic E-state index is 12.2. The van der Waals surface area contributed by atoms with Gasteiger partial charge in [-0.05, 0) is 30.0 Å². The molecule has 2 aromatic carbocycles. The first-order chi connectivity index (χ1) is 13.7. The molecule has 4 rings (SSSR count). The molecule has 1 aliphatic rings. The zero-order valence-corrected chi connectivity index (χ0v) is 15.9. The van der Waals surface area contributed by atoms with E-state index in [1.54, 1.807) is 0 Å². The molecular weight excluding hydrogens is 352 g/mol. The van der Waals surface area contributed by atoms with Gasteiger partial charge in [0, 0.05) is 43.7 Å². The Morgan fingerprint density at radius 2 is 1.96 bits per heavy atom. The van der Waals surface area contributed by atoms with Gasteiger partial charge in [0.2, 0.25) is 5.91 Å². The van der Waals surface area contributed by atoms with Gasteiger partial charge in [-0.15, -0.1) is 0 Å². The van der Waals surface area contributed by atoms with Crippen LogP contribution in [0.25, 0.3) is 10.9 Å². The van der Waals surface area contributed by atoms with Crippen molar-refractivity contribution in [3.8, 4) is 0 Å². The van der Waals surface area contributed by atoms with E-state index in [1.807, 2.05) is 24.3 Å². The summed E-state index contributed by atoms with van der Waals surface area (Å²) in [4.78, 5) is 14.4. The second-order valence-electron chi connectivity index (χ2n) is 7.43. The van der Waals surface area contributed by atoms with Gasteiger partial charge in [0.05, 0.1) is 11.6 Å². The van der Waals surface area contributed by atoms with E-state index in [9.17, 15) is 9.90 Å². The topological polar surface area (TPSA) is 81.2 Å². The van der Waals surface area contributed by atoms with Gasteiger partial charge in [0.25, 0.3) is 0 Å². The van der Waals surface area contributed by atoms with Crippen molar-refractivity contribution < 1.29 is 9.90 Å². The first-order valence-corrected chi connectivity index (χ1v) is 9.85. The number of β-amino-alcohol motifs (C(OH)–C–C–N with tert-alkyl or cyclic N) is 1. The maximum Gasteiger partial charge on any atom is 0.220 e. The van der Waals surface area contributed by atoms with Crippen LogP contribution in [0.2, 0.25) is 0 Å². The number of benzene rings is 2. The smallest absolute Gasteiger partial charge is 0.220 e. The van der Waals surface area contributed by atoms with Crippen molar-refractivity contribution in [2.24, 2.45) is 0 Å². The van der Waals surface area contributed by atoms with Crippen LogP contribution in [0.15, 0.2) is 48.5 Å². The number of H-pyrrole nitrogens is 1. The Hall–Kier alpha value is -2.70. The minimum absolute atomic E-state index is 0.0540. The van der Waals surface area contributed by atoms with E-state index in [4.69, 9.17) is 0 Å². The number of fused-ring (bicyclic) bond motifs is 2. The van der Waals surface area contributed by atoms with Gasteiger partial charge in [-0.25, -0.2) is 0 Å². The Kier molecular flexibility index (Phi) is 5.69. The number of amides is 1. The number of carbonyl (C=O) groups excluding carboxylic acids is 1. The summed E-state index contributed by atoms with van der Waals surface area (Å²) < 4.78 is 0. The van der Waals surface area contributed by atoms with Crippen molar-refractivity contribution in [3.05, 3.63) is 65.4 Å².